The third-order valence-corrected chi connectivity index (χ3v) is 5.07. The van der Waals surface area contributed by atoms with Gasteiger partial charge in [-0.2, -0.15) is 0 Å². The summed E-state index contributed by atoms with van der Waals surface area (Å²) in [7, 11) is 1.99. The van der Waals surface area contributed by atoms with Crippen molar-refractivity contribution in [2.45, 2.75) is 12.5 Å². The van der Waals surface area contributed by atoms with Gasteiger partial charge in [0.05, 0.1) is 17.3 Å². The Morgan fingerprint density at radius 3 is 2.85 bits per heavy atom. The van der Waals surface area contributed by atoms with E-state index in [1.165, 1.54) is 10.3 Å². The zero-order valence-corrected chi connectivity index (χ0v) is 13.5. The normalized spacial score (nSPS) is 12.7. The first kappa shape index (κ1) is 13.7. The van der Waals surface area contributed by atoms with Crippen LogP contribution in [0.4, 0.5) is 0 Å². The molecule has 0 aliphatic rings. The number of halogens is 1. The lowest BCUT2D eigenvalue weighted by Crippen LogP contribution is -2.19. The Labute approximate surface area is 131 Å². The van der Waals surface area contributed by atoms with Crippen molar-refractivity contribution in [2.24, 2.45) is 0 Å². The fourth-order valence-electron chi connectivity index (χ4n) is 2.29. The van der Waals surface area contributed by atoms with Crippen LogP contribution in [0.1, 0.15) is 16.6 Å². The zero-order valence-electron chi connectivity index (χ0n) is 11.1. The van der Waals surface area contributed by atoms with Crippen LogP contribution >= 0.6 is 27.3 Å². The van der Waals surface area contributed by atoms with E-state index in [1.54, 1.807) is 11.3 Å². The number of likely N-dealkylation sites (N-methyl/N-ethyl adjacent to an activating group) is 1. The molecule has 1 unspecified atom stereocenters. The lowest BCUT2D eigenvalue weighted by molar-refractivity contribution is 0.582. The third-order valence-electron chi connectivity index (χ3n) is 3.35. The van der Waals surface area contributed by atoms with E-state index in [0.29, 0.717) is 0 Å². The van der Waals surface area contributed by atoms with Crippen molar-refractivity contribution >= 4 is 38.2 Å². The van der Waals surface area contributed by atoms with Gasteiger partial charge in [0.25, 0.3) is 0 Å². The summed E-state index contributed by atoms with van der Waals surface area (Å²) >= 11 is 5.28. The second-order valence-corrected chi connectivity index (χ2v) is 6.62. The van der Waals surface area contributed by atoms with E-state index in [1.807, 2.05) is 19.2 Å². The molecule has 3 aromatic rings. The number of nitrogens with zero attached hydrogens (tertiary/aromatic N) is 1. The molecule has 0 saturated heterocycles. The molecule has 0 bridgehead atoms. The van der Waals surface area contributed by atoms with Crippen molar-refractivity contribution in [2.75, 3.05) is 7.05 Å². The van der Waals surface area contributed by atoms with Crippen molar-refractivity contribution in [3.8, 4) is 0 Å². The summed E-state index contributed by atoms with van der Waals surface area (Å²) in [5.41, 5.74) is 2.15. The first-order valence-corrected chi connectivity index (χ1v) is 8.19. The minimum atomic E-state index is 0.241. The molecule has 1 N–H and O–H groups in total. The molecule has 0 amide bonds. The lowest BCUT2D eigenvalue weighted by atomic mass is 10.1. The molecule has 0 aliphatic heterocycles. The minimum Gasteiger partial charge on any atom is -0.311 e. The molecule has 4 heteroatoms. The van der Waals surface area contributed by atoms with Crippen LogP contribution in [0, 0.1) is 0 Å². The molecule has 0 radical (unpaired) electrons. The van der Waals surface area contributed by atoms with E-state index in [0.717, 1.165) is 22.1 Å². The lowest BCUT2D eigenvalue weighted by Gasteiger charge is -2.15. The first-order chi connectivity index (χ1) is 9.76. The highest BCUT2D eigenvalue weighted by molar-refractivity contribution is 9.10. The number of aromatic nitrogens is 1. The average molecular weight is 347 g/mol. The Morgan fingerprint density at radius 1 is 1.25 bits per heavy atom. The highest BCUT2D eigenvalue weighted by atomic mass is 79.9. The predicted molar refractivity (Wildman–Crippen MR) is 89.3 cm³/mol. The van der Waals surface area contributed by atoms with Gasteiger partial charge in [-0.25, -0.2) is 0 Å². The van der Waals surface area contributed by atoms with Gasteiger partial charge < -0.3 is 5.32 Å². The summed E-state index contributed by atoms with van der Waals surface area (Å²) in [5.74, 6) is 0. The van der Waals surface area contributed by atoms with E-state index in [2.05, 4.69) is 57.0 Å². The quantitative estimate of drug-likeness (QED) is 0.748. The average Bonchev–Trinajstić information content (AvgIpc) is 2.89. The van der Waals surface area contributed by atoms with Crippen molar-refractivity contribution in [1.29, 1.82) is 0 Å². The maximum atomic E-state index is 4.78. The summed E-state index contributed by atoms with van der Waals surface area (Å²) in [5, 5.41) is 6.68. The Kier molecular flexibility index (Phi) is 4.15. The van der Waals surface area contributed by atoms with Gasteiger partial charge >= 0.3 is 0 Å². The summed E-state index contributed by atoms with van der Waals surface area (Å²) in [6.45, 7) is 0. The molecule has 2 heterocycles. The van der Waals surface area contributed by atoms with Gasteiger partial charge in [0.1, 0.15) is 0 Å². The number of thiophene rings is 1. The van der Waals surface area contributed by atoms with Crippen molar-refractivity contribution in [3.63, 3.8) is 0 Å². The molecular formula is C16H15BrN2S. The van der Waals surface area contributed by atoms with Gasteiger partial charge in [0.15, 0.2) is 0 Å². The second-order valence-electron chi connectivity index (χ2n) is 4.71. The van der Waals surface area contributed by atoms with Gasteiger partial charge in [0.2, 0.25) is 0 Å². The highest BCUT2D eigenvalue weighted by Gasteiger charge is 2.13. The van der Waals surface area contributed by atoms with Gasteiger partial charge in [0, 0.05) is 26.5 Å². The maximum Gasteiger partial charge on any atom is 0.0706 e. The fraction of sp³-hybridized carbons (Fsp3) is 0.188. The molecule has 20 heavy (non-hydrogen) atoms. The summed E-state index contributed by atoms with van der Waals surface area (Å²) < 4.78 is 1.15. The Bertz CT molecular complexity index is 723. The topological polar surface area (TPSA) is 24.9 Å². The predicted octanol–water partition coefficient (Wildman–Crippen LogP) is 4.56. The third kappa shape index (κ3) is 2.92. The molecule has 0 spiro atoms. The van der Waals surface area contributed by atoms with Crippen molar-refractivity contribution in [3.05, 3.63) is 62.9 Å². The van der Waals surface area contributed by atoms with Crippen LogP contribution in [0.25, 0.3) is 10.9 Å². The number of para-hydroxylation sites is 1. The standard InChI is InChI=1S/C16H15BrN2S/c1-18-16(9-13-8-12(17)10-20-13)15-7-6-11-4-2-3-5-14(11)19-15/h2-8,10,16,18H,9H2,1H3. The number of nitrogens with one attached hydrogen (secondary N) is 1. The van der Waals surface area contributed by atoms with E-state index in [9.17, 15) is 0 Å². The van der Waals surface area contributed by atoms with Gasteiger partial charge in [-0.15, -0.1) is 11.3 Å². The SMILES string of the molecule is CNC(Cc1cc(Br)cs1)c1ccc2ccccc2n1. The number of pyridine rings is 1. The largest absolute Gasteiger partial charge is 0.311 e. The smallest absolute Gasteiger partial charge is 0.0706 e. The molecule has 102 valence electrons. The Hall–Kier alpha value is -1.23. The molecule has 0 aliphatic carbocycles. The molecular weight excluding hydrogens is 332 g/mol. The summed E-state index contributed by atoms with van der Waals surface area (Å²) in [4.78, 5) is 6.13. The maximum absolute atomic E-state index is 4.78. The van der Waals surface area contributed by atoms with E-state index in [4.69, 9.17) is 4.98 Å². The molecule has 2 nitrogen and oxygen atoms in total. The van der Waals surface area contributed by atoms with Crippen LogP contribution in [0.2, 0.25) is 0 Å². The monoisotopic (exact) mass is 346 g/mol. The Balaban J connectivity index is 1.90. The van der Waals surface area contributed by atoms with Crippen LogP contribution in [-0.4, -0.2) is 12.0 Å². The fourth-order valence-corrected chi connectivity index (χ4v) is 3.79. The molecule has 1 aromatic carbocycles. The number of hydrogen-bond acceptors (Lipinski definition) is 3. The van der Waals surface area contributed by atoms with Crippen LogP contribution < -0.4 is 5.32 Å². The van der Waals surface area contributed by atoms with Crippen LogP contribution in [0.5, 0.6) is 0 Å². The summed E-state index contributed by atoms with van der Waals surface area (Å²) in [6, 6.07) is 14.9. The van der Waals surface area contributed by atoms with E-state index < -0.39 is 0 Å². The molecule has 0 fully saturated rings. The highest BCUT2D eigenvalue weighted by Crippen LogP contribution is 2.25. The van der Waals surface area contributed by atoms with Crippen LogP contribution in [0.3, 0.4) is 0 Å². The number of benzene rings is 1. The zero-order chi connectivity index (χ0) is 13.9. The number of rotatable bonds is 4. The minimum absolute atomic E-state index is 0.241. The first-order valence-electron chi connectivity index (χ1n) is 6.52. The Morgan fingerprint density at radius 2 is 2.10 bits per heavy atom. The van der Waals surface area contributed by atoms with Crippen LogP contribution in [-0.2, 0) is 6.42 Å². The van der Waals surface area contributed by atoms with Gasteiger partial charge in [-0.05, 0) is 41.2 Å². The van der Waals surface area contributed by atoms with Crippen molar-refractivity contribution in [1.82, 2.24) is 10.3 Å². The summed E-state index contributed by atoms with van der Waals surface area (Å²) in [6.07, 6.45) is 0.956. The number of hydrogen-bond donors (Lipinski definition) is 1. The van der Waals surface area contributed by atoms with Crippen LogP contribution in [0.15, 0.2) is 52.3 Å². The molecule has 0 saturated carbocycles. The number of fused-ring (bicyclic) bond motifs is 1. The van der Waals surface area contributed by atoms with Crippen molar-refractivity contribution < 1.29 is 0 Å². The molecule has 3 rings (SSSR count). The second kappa shape index (κ2) is 6.04. The van der Waals surface area contributed by atoms with Gasteiger partial charge in [-0.1, -0.05) is 24.3 Å². The van der Waals surface area contributed by atoms with Gasteiger partial charge in [-0.3, -0.25) is 4.98 Å². The van der Waals surface area contributed by atoms with E-state index in [-0.39, 0.29) is 6.04 Å². The molecule has 2 aromatic heterocycles. The van der Waals surface area contributed by atoms with E-state index >= 15 is 0 Å². The molecule has 1 atom stereocenters.